The van der Waals surface area contributed by atoms with E-state index in [2.05, 4.69) is 321 Å². The molecule has 0 saturated carbocycles. The zero-order valence-electron chi connectivity index (χ0n) is 44.6. The molecule has 2 aliphatic carbocycles. The van der Waals surface area contributed by atoms with Crippen LogP contribution >= 0.6 is 0 Å². The Hall–Kier alpha value is -8.84. The normalized spacial score (nSPS) is 12.8. The lowest BCUT2D eigenvalue weighted by Crippen LogP contribution is -2.28. The van der Waals surface area contributed by atoms with E-state index in [1.165, 1.54) is 122 Å². The Bertz CT molecular complexity index is 3920. The van der Waals surface area contributed by atoms with Crippen LogP contribution in [0.2, 0.25) is 0 Å². The smallest absolute Gasteiger partial charge is 0.0622 e. The Labute approximate surface area is 450 Å². The van der Waals surface area contributed by atoms with Gasteiger partial charge in [0, 0.05) is 5.41 Å². The van der Waals surface area contributed by atoms with Crippen molar-refractivity contribution in [2.24, 2.45) is 0 Å². The Morgan fingerprint density at radius 3 is 1.29 bits per heavy atom. The molecule has 0 amide bonds. The van der Waals surface area contributed by atoms with Crippen LogP contribution in [0.15, 0.2) is 279 Å². The van der Waals surface area contributed by atoms with E-state index >= 15 is 0 Å². The van der Waals surface area contributed by atoms with Gasteiger partial charge in [-0.3, -0.25) is 0 Å². The highest BCUT2D eigenvalue weighted by atomic mass is 14.5. The predicted molar refractivity (Wildman–Crippen MR) is 325 cm³/mol. The van der Waals surface area contributed by atoms with Crippen LogP contribution in [0, 0.1) is 27.7 Å². The third-order valence-corrected chi connectivity index (χ3v) is 15.6. The van der Waals surface area contributed by atoms with Crippen molar-refractivity contribution in [3.63, 3.8) is 0 Å². The highest BCUT2D eigenvalue weighted by molar-refractivity contribution is 5.96. The van der Waals surface area contributed by atoms with Gasteiger partial charge in [0.25, 0.3) is 0 Å². The molecule has 0 N–H and O–H groups in total. The van der Waals surface area contributed by atoms with Gasteiger partial charge in [-0.2, -0.15) is 0 Å². The van der Waals surface area contributed by atoms with Gasteiger partial charge < -0.3 is 0 Å². The van der Waals surface area contributed by atoms with Crippen LogP contribution in [0.1, 0.15) is 69.5 Å². The molecule has 12 aromatic carbocycles. The molecule has 0 radical (unpaired) electrons. The SMILES string of the molecule is Cc1ccc(-c2ccc3ccccc3c2)cc1.Cc1ccc(-c2cccc3ccccc23)cc1.Cc1ccc2c(c1)C(C)(C)c1ccccc1-2.Cc1ccc2c(c1)C(c1ccccc1)(c1ccccc1)c1ccccc1-2. The fourth-order valence-corrected chi connectivity index (χ4v) is 11.7. The van der Waals surface area contributed by atoms with E-state index in [4.69, 9.17) is 0 Å². The number of aryl methyl sites for hydroxylation is 4. The molecule has 0 heteroatoms. The Morgan fingerprint density at radius 2 is 0.658 bits per heavy atom. The molecule has 0 atom stereocenters. The van der Waals surface area contributed by atoms with Crippen LogP contribution < -0.4 is 0 Å². The lowest BCUT2D eigenvalue weighted by atomic mass is 9.67. The topological polar surface area (TPSA) is 0 Å². The lowest BCUT2D eigenvalue weighted by molar-refractivity contribution is 0.660. The minimum atomic E-state index is -0.263. The Balaban J connectivity index is 0.000000111. The van der Waals surface area contributed by atoms with Crippen LogP contribution in [0.3, 0.4) is 0 Å². The first kappa shape index (κ1) is 49.4. The molecule has 0 fully saturated rings. The van der Waals surface area contributed by atoms with Crippen molar-refractivity contribution in [3.8, 4) is 44.5 Å². The third kappa shape index (κ3) is 9.49. The first-order valence-corrected chi connectivity index (χ1v) is 26.7. The monoisotopic (exact) mass is 977 g/mol. The molecule has 0 heterocycles. The van der Waals surface area contributed by atoms with E-state index in [1.807, 2.05) is 0 Å². The molecule has 0 aromatic heterocycles. The van der Waals surface area contributed by atoms with Gasteiger partial charge in [0.2, 0.25) is 0 Å². The van der Waals surface area contributed by atoms with Gasteiger partial charge in [-0.1, -0.05) is 309 Å². The molecule has 0 unspecified atom stereocenters. The maximum absolute atomic E-state index is 2.37. The summed E-state index contributed by atoms with van der Waals surface area (Å²) in [5.41, 5.74) is 24.1. The maximum Gasteiger partial charge on any atom is 0.0713 e. The summed E-state index contributed by atoms with van der Waals surface area (Å²) in [6.45, 7) is 13.2. The van der Waals surface area contributed by atoms with Gasteiger partial charge in [-0.25, -0.2) is 0 Å². The lowest BCUT2D eigenvalue weighted by Gasteiger charge is -2.34. The van der Waals surface area contributed by atoms with Crippen molar-refractivity contribution in [2.75, 3.05) is 0 Å². The second kappa shape index (κ2) is 21.2. The van der Waals surface area contributed by atoms with Crippen molar-refractivity contribution in [2.45, 2.75) is 52.4 Å². The van der Waals surface area contributed by atoms with Crippen molar-refractivity contribution < 1.29 is 0 Å². The fourth-order valence-electron chi connectivity index (χ4n) is 11.7. The minimum absolute atomic E-state index is 0.151. The van der Waals surface area contributed by atoms with Gasteiger partial charge in [-0.05, 0) is 133 Å². The van der Waals surface area contributed by atoms with E-state index in [9.17, 15) is 0 Å². The molecular formula is C76H64. The molecule has 0 spiro atoms. The number of rotatable bonds is 4. The van der Waals surface area contributed by atoms with E-state index in [-0.39, 0.29) is 10.8 Å². The zero-order chi connectivity index (χ0) is 52.2. The highest BCUT2D eigenvalue weighted by Crippen LogP contribution is 2.56. The second-order valence-corrected chi connectivity index (χ2v) is 21.1. The van der Waals surface area contributed by atoms with Crippen LogP contribution in [0.25, 0.3) is 66.1 Å². The van der Waals surface area contributed by atoms with Crippen LogP contribution in [-0.2, 0) is 10.8 Å². The summed E-state index contributed by atoms with van der Waals surface area (Å²) in [4.78, 5) is 0. The van der Waals surface area contributed by atoms with Crippen molar-refractivity contribution in [1.29, 1.82) is 0 Å². The van der Waals surface area contributed by atoms with Gasteiger partial charge in [-0.15, -0.1) is 0 Å². The second-order valence-electron chi connectivity index (χ2n) is 21.1. The van der Waals surface area contributed by atoms with Crippen LogP contribution in [0.4, 0.5) is 0 Å². The van der Waals surface area contributed by atoms with E-state index in [0.29, 0.717) is 0 Å². The summed E-state index contributed by atoms with van der Waals surface area (Å²) in [7, 11) is 0. The van der Waals surface area contributed by atoms with E-state index in [1.54, 1.807) is 0 Å². The predicted octanol–water partition coefficient (Wildman–Crippen LogP) is 20.3. The Kier molecular flexibility index (Phi) is 13.8. The molecule has 0 saturated heterocycles. The summed E-state index contributed by atoms with van der Waals surface area (Å²) in [6, 6.07) is 101. The largest absolute Gasteiger partial charge is 0.0713 e. The van der Waals surface area contributed by atoms with Crippen LogP contribution in [-0.4, -0.2) is 0 Å². The first-order chi connectivity index (χ1) is 37.1. The number of benzene rings is 12. The number of hydrogen-bond donors (Lipinski definition) is 0. The third-order valence-electron chi connectivity index (χ3n) is 15.6. The van der Waals surface area contributed by atoms with Crippen molar-refractivity contribution >= 4 is 21.5 Å². The molecule has 0 nitrogen and oxygen atoms in total. The summed E-state index contributed by atoms with van der Waals surface area (Å²) in [5, 5.41) is 5.21. The number of hydrogen-bond acceptors (Lipinski definition) is 0. The van der Waals surface area contributed by atoms with E-state index < -0.39 is 0 Å². The average Bonchev–Trinajstić information content (AvgIpc) is 3.94. The number of fused-ring (bicyclic) bond motifs is 8. The molecule has 368 valence electrons. The Morgan fingerprint density at radius 1 is 0.237 bits per heavy atom. The molecular weight excluding hydrogens is 913 g/mol. The molecule has 2 aliphatic rings. The van der Waals surface area contributed by atoms with Gasteiger partial charge in [0.15, 0.2) is 0 Å². The highest BCUT2D eigenvalue weighted by Gasteiger charge is 2.45. The molecule has 14 rings (SSSR count). The molecule has 76 heavy (non-hydrogen) atoms. The molecule has 12 aromatic rings. The summed E-state index contributed by atoms with van der Waals surface area (Å²) < 4.78 is 0. The van der Waals surface area contributed by atoms with Crippen molar-refractivity contribution in [1.82, 2.24) is 0 Å². The van der Waals surface area contributed by atoms with Crippen molar-refractivity contribution in [3.05, 3.63) is 335 Å². The van der Waals surface area contributed by atoms with Gasteiger partial charge in [0.05, 0.1) is 5.41 Å². The van der Waals surface area contributed by atoms with Gasteiger partial charge in [0.1, 0.15) is 0 Å². The van der Waals surface area contributed by atoms with Crippen LogP contribution in [0.5, 0.6) is 0 Å². The standard InChI is InChI=1S/C26H20.2C17H14.C16H16/c1-19-16-17-23-22-14-8-9-15-24(22)26(25(23)18-19,20-10-4-2-5-11-20)21-12-6-3-7-13-21;1-13-9-11-15(12-10-13)17-8-4-6-14-5-2-3-7-16(14)17;1-13-6-8-15(9-7-13)17-11-10-14-4-2-3-5-16(14)12-17;1-11-8-9-13-12-6-4-5-7-14(12)16(2,3)15(13)10-11/h2-18H,1H3;2*2-12H,1H3;4-10H,1-3H3. The fraction of sp³-hybridized carbons (Fsp3) is 0.105. The zero-order valence-corrected chi connectivity index (χ0v) is 44.6. The minimum Gasteiger partial charge on any atom is -0.0622 e. The molecule has 0 aliphatic heterocycles. The average molecular weight is 977 g/mol. The molecule has 0 bridgehead atoms. The maximum atomic E-state index is 2.37. The van der Waals surface area contributed by atoms with Gasteiger partial charge >= 0.3 is 0 Å². The first-order valence-electron chi connectivity index (χ1n) is 26.7. The quantitative estimate of drug-likeness (QED) is 0.165. The summed E-state index contributed by atoms with van der Waals surface area (Å²) in [6.07, 6.45) is 0. The summed E-state index contributed by atoms with van der Waals surface area (Å²) in [5.74, 6) is 0. The summed E-state index contributed by atoms with van der Waals surface area (Å²) >= 11 is 0. The van der Waals surface area contributed by atoms with E-state index in [0.717, 1.165) is 0 Å².